The summed E-state index contributed by atoms with van der Waals surface area (Å²) >= 11 is 4.91. The SMILES string of the molecule is Cn1cc(Br)cc1C(=O)NCCc1cscn1. The Kier molecular flexibility index (Phi) is 3.96. The largest absolute Gasteiger partial charge is 0.350 e. The van der Waals surface area contributed by atoms with E-state index in [1.807, 2.05) is 18.6 Å². The Hall–Kier alpha value is -1.14. The first kappa shape index (κ1) is 12.3. The second-order valence-electron chi connectivity index (χ2n) is 3.64. The van der Waals surface area contributed by atoms with Gasteiger partial charge < -0.3 is 9.88 Å². The summed E-state index contributed by atoms with van der Waals surface area (Å²) in [5.41, 5.74) is 3.46. The van der Waals surface area contributed by atoms with Crippen molar-refractivity contribution in [2.45, 2.75) is 6.42 Å². The van der Waals surface area contributed by atoms with Crippen molar-refractivity contribution < 1.29 is 4.79 Å². The van der Waals surface area contributed by atoms with Gasteiger partial charge in [0.1, 0.15) is 5.69 Å². The van der Waals surface area contributed by atoms with Gasteiger partial charge >= 0.3 is 0 Å². The van der Waals surface area contributed by atoms with Gasteiger partial charge in [0.15, 0.2) is 0 Å². The van der Waals surface area contributed by atoms with Crippen LogP contribution in [0.5, 0.6) is 0 Å². The van der Waals surface area contributed by atoms with Crippen molar-refractivity contribution in [3.8, 4) is 0 Å². The topological polar surface area (TPSA) is 46.9 Å². The Bertz CT molecular complexity index is 507. The summed E-state index contributed by atoms with van der Waals surface area (Å²) in [7, 11) is 1.85. The summed E-state index contributed by atoms with van der Waals surface area (Å²) in [6.45, 7) is 0.603. The number of nitrogens with one attached hydrogen (secondary N) is 1. The highest BCUT2D eigenvalue weighted by atomic mass is 79.9. The van der Waals surface area contributed by atoms with Gasteiger partial charge in [-0.05, 0) is 22.0 Å². The van der Waals surface area contributed by atoms with E-state index in [2.05, 4.69) is 26.2 Å². The minimum atomic E-state index is -0.0616. The molecule has 0 aliphatic heterocycles. The van der Waals surface area contributed by atoms with Crippen LogP contribution >= 0.6 is 27.3 Å². The van der Waals surface area contributed by atoms with Crippen LogP contribution in [-0.2, 0) is 13.5 Å². The number of carbonyl (C=O) groups is 1. The van der Waals surface area contributed by atoms with E-state index >= 15 is 0 Å². The van der Waals surface area contributed by atoms with Crippen molar-refractivity contribution in [3.63, 3.8) is 0 Å². The van der Waals surface area contributed by atoms with Crippen molar-refractivity contribution in [3.05, 3.63) is 39.0 Å². The van der Waals surface area contributed by atoms with Crippen molar-refractivity contribution in [2.24, 2.45) is 7.05 Å². The molecule has 17 heavy (non-hydrogen) atoms. The van der Waals surface area contributed by atoms with E-state index in [1.165, 1.54) is 0 Å². The van der Waals surface area contributed by atoms with E-state index in [9.17, 15) is 4.79 Å². The molecule has 2 aromatic heterocycles. The number of hydrogen-bond donors (Lipinski definition) is 1. The highest BCUT2D eigenvalue weighted by Crippen LogP contribution is 2.13. The zero-order chi connectivity index (χ0) is 12.3. The van der Waals surface area contributed by atoms with Gasteiger partial charge in [-0.3, -0.25) is 4.79 Å². The van der Waals surface area contributed by atoms with Crippen LogP contribution in [0.2, 0.25) is 0 Å². The number of thiazole rings is 1. The summed E-state index contributed by atoms with van der Waals surface area (Å²) in [5.74, 6) is -0.0616. The number of halogens is 1. The molecule has 0 saturated carbocycles. The molecular weight excluding hydrogens is 302 g/mol. The van der Waals surface area contributed by atoms with Crippen LogP contribution in [0.25, 0.3) is 0 Å². The quantitative estimate of drug-likeness (QED) is 0.940. The fraction of sp³-hybridized carbons (Fsp3) is 0.273. The summed E-state index contributed by atoms with van der Waals surface area (Å²) in [4.78, 5) is 16.0. The van der Waals surface area contributed by atoms with Gasteiger partial charge in [0.25, 0.3) is 5.91 Å². The zero-order valence-electron chi connectivity index (χ0n) is 9.31. The fourth-order valence-electron chi connectivity index (χ4n) is 1.51. The number of amides is 1. The second-order valence-corrected chi connectivity index (χ2v) is 5.27. The normalized spacial score (nSPS) is 10.5. The van der Waals surface area contributed by atoms with Crippen molar-refractivity contribution in [2.75, 3.05) is 6.54 Å². The third-order valence-electron chi connectivity index (χ3n) is 2.35. The van der Waals surface area contributed by atoms with Gasteiger partial charge in [-0.1, -0.05) is 0 Å². The number of aryl methyl sites for hydroxylation is 1. The molecule has 0 unspecified atom stereocenters. The molecule has 1 N–H and O–H groups in total. The molecule has 4 nitrogen and oxygen atoms in total. The molecule has 0 aliphatic carbocycles. The lowest BCUT2D eigenvalue weighted by atomic mass is 10.3. The first-order chi connectivity index (χ1) is 8.16. The van der Waals surface area contributed by atoms with Crippen molar-refractivity contribution in [1.29, 1.82) is 0 Å². The predicted molar refractivity (Wildman–Crippen MR) is 71.3 cm³/mol. The van der Waals surface area contributed by atoms with Crippen LogP contribution in [0.3, 0.4) is 0 Å². The first-order valence-corrected chi connectivity index (χ1v) is 6.87. The molecular formula is C11H12BrN3OS. The van der Waals surface area contributed by atoms with E-state index in [4.69, 9.17) is 0 Å². The maximum Gasteiger partial charge on any atom is 0.267 e. The summed E-state index contributed by atoms with van der Waals surface area (Å²) in [6, 6.07) is 1.80. The minimum absolute atomic E-state index is 0.0616. The Morgan fingerprint density at radius 3 is 3.06 bits per heavy atom. The Morgan fingerprint density at radius 2 is 2.47 bits per heavy atom. The van der Waals surface area contributed by atoms with E-state index < -0.39 is 0 Å². The fourth-order valence-corrected chi connectivity index (χ4v) is 2.62. The molecule has 0 saturated heterocycles. The highest BCUT2D eigenvalue weighted by Gasteiger charge is 2.10. The number of rotatable bonds is 4. The summed E-state index contributed by atoms with van der Waals surface area (Å²) in [5, 5.41) is 4.87. The number of nitrogens with zero attached hydrogens (tertiary/aromatic N) is 2. The first-order valence-electron chi connectivity index (χ1n) is 5.14. The highest BCUT2D eigenvalue weighted by molar-refractivity contribution is 9.10. The van der Waals surface area contributed by atoms with E-state index in [1.54, 1.807) is 27.5 Å². The molecule has 0 fully saturated rings. The van der Waals surface area contributed by atoms with Crippen LogP contribution in [0, 0.1) is 0 Å². The van der Waals surface area contributed by atoms with Crippen LogP contribution in [0.1, 0.15) is 16.2 Å². The molecule has 0 aromatic carbocycles. The zero-order valence-corrected chi connectivity index (χ0v) is 11.7. The Balaban J connectivity index is 1.87. The van der Waals surface area contributed by atoms with Crippen LogP contribution in [0.15, 0.2) is 27.6 Å². The van der Waals surface area contributed by atoms with Gasteiger partial charge in [0.05, 0.1) is 11.2 Å². The number of aromatic nitrogens is 2. The van der Waals surface area contributed by atoms with E-state index in [0.29, 0.717) is 12.2 Å². The maximum absolute atomic E-state index is 11.8. The van der Waals surface area contributed by atoms with Crippen LogP contribution < -0.4 is 5.32 Å². The average molecular weight is 314 g/mol. The van der Waals surface area contributed by atoms with Gasteiger partial charge in [-0.2, -0.15) is 0 Å². The molecule has 6 heteroatoms. The molecule has 2 aromatic rings. The van der Waals surface area contributed by atoms with Crippen molar-refractivity contribution in [1.82, 2.24) is 14.9 Å². The molecule has 1 amide bonds. The van der Waals surface area contributed by atoms with Gasteiger partial charge in [-0.25, -0.2) is 4.98 Å². The minimum Gasteiger partial charge on any atom is -0.350 e. The van der Waals surface area contributed by atoms with Gasteiger partial charge in [0.2, 0.25) is 0 Å². The second kappa shape index (κ2) is 5.46. The van der Waals surface area contributed by atoms with Crippen molar-refractivity contribution >= 4 is 33.2 Å². The molecule has 90 valence electrons. The lowest BCUT2D eigenvalue weighted by Gasteiger charge is -2.04. The van der Waals surface area contributed by atoms with Crippen LogP contribution in [-0.4, -0.2) is 22.0 Å². The number of hydrogen-bond acceptors (Lipinski definition) is 3. The molecule has 2 heterocycles. The van der Waals surface area contributed by atoms with Gasteiger partial charge in [-0.15, -0.1) is 11.3 Å². The standard InChI is InChI=1S/C11H12BrN3OS/c1-15-5-8(12)4-10(15)11(16)13-3-2-9-6-17-7-14-9/h4-7H,2-3H2,1H3,(H,13,16). The van der Waals surface area contributed by atoms with Gasteiger partial charge in [0, 0.05) is 36.1 Å². The maximum atomic E-state index is 11.8. The molecule has 0 bridgehead atoms. The third kappa shape index (κ3) is 3.17. The molecule has 0 atom stereocenters. The summed E-state index contributed by atoms with van der Waals surface area (Å²) < 4.78 is 2.70. The molecule has 0 aliphatic rings. The Morgan fingerprint density at radius 1 is 1.65 bits per heavy atom. The predicted octanol–water partition coefficient (Wildman–Crippen LogP) is 2.22. The van der Waals surface area contributed by atoms with Crippen LogP contribution in [0.4, 0.5) is 0 Å². The number of carbonyl (C=O) groups excluding carboxylic acids is 1. The average Bonchev–Trinajstić information content (AvgIpc) is 2.88. The smallest absolute Gasteiger partial charge is 0.267 e. The third-order valence-corrected chi connectivity index (χ3v) is 3.42. The molecule has 0 radical (unpaired) electrons. The lowest BCUT2D eigenvalue weighted by Crippen LogP contribution is -2.27. The monoisotopic (exact) mass is 313 g/mol. The summed E-state index contributed by atoms with van der Waals surface area (Å²) in [6.07, 6.45) is 2.62. The molecule has 2 rings (SSSR count). The Labute approximate surface area is 112 Å². The van der Waals surface area contributed by atoms with E-state index in [0.717, 1.165) is 16.6 Å². The lowest BCUT2D eigenvalue weighted by molar-refractivity contribution is 0.0946. The molecule has 0 spiro atoms. The van der Waals surface area contributed by atoms with E-state index in [-0.39, 0.29) is 5.91 Å².